The van der Waals surface area contributed by atoms with Gasteiger partial charge in [-0.2, -0.15) is 0 Å². The molecule has 0 bridgehead atoms. The van der Waals surface area contributed by atoms with Gasteiger partial charge in [-0.25, -0.2) is 13.6 Å². The second kappa shape index (κ2) is 9.36. The molecule has 0 aliphatic carbocycles. The molecule has 1 aliphatic rings. The predicted octanol–water partition coefficient (Wildman–Crippen LogP) is 3.65. The minimum Gasteiger partial charge on any atom is -0.496 e. The Labute approximate surface area is 167 Å². The summed E-state index contributed by atoms with van der Waals surface area (Å²) in [5.74, 6) is -0.845. The van der Waals surface area contributed by atoms with Gasteiger partial charge in [0.05, 0.1) is 12.7 Å². The number of likely N-dealkylation sites (tertiary alicyclic amines) is 1. The molecule has 1 atom stereocenters. The number of amides is 3. The number of hydrogen-bond acceptors (Lipinski definition) is 3. The van der Waals surface area contributed by atoms with E-state index in [1.165, 1.54) is 43.5 Å². The standard InChI is InChI=1S/C21H23F2N3O3/c1-29-19-8-7-16(23)11-18(19)20(27)26-9-3-4-14(13-26)12-24-21(28)25-17-6-2-5-15(22)10-17/h2,5-8,10-11,14H,3-4,9,12-13H2,1H3,(H2,24,25,28). The Morgan fingerprint density at radius 2 is 1.97 bits per heavy atom. The van der Waals surface area contributed by atoms with Crippen LogP contribution >= 0.6 is 0 Å². The Morgan fingerprint density at radius 1 is 1.17 bits per heavy atom. The van der Waals surface area contributed by atoms with Gasteiger partial charge in [-0.1, -0.05) is 6.07 Å². The molecule has 0 radical (unpaired) electrons. The molecule has 3 amide bonds. The zero-order valence-electron chi connectivity index (χ0n) is 16.1. The van der Waals surface area contributed by atoms with E-state index in [9.17, 15) is 18.4 Å². The molecule has 29 heavy (non-hydrogen) atoms. The molecule has 1 heterocycles. The van der Waals surface area contributed by atoms with Gasteiger partial charge in [-0.15, -0.1) is 0 Å². The molecular formula is C21H23F2N3O3. The van der Waals surface area contributed by atoms with E-state index >= 15 is 0 Å². The summed E-state index contributed by atoms with van der Waals surface area (Å²) in [4.78, 5) is 26.5. The number of nitrogens with zero attached hydrogens (tertiary/aromatic N) is 1. The van der Waals surface area contributed by atoms with Crippen LogP contribution in [0.25, 0.3) is 0 Å². The highest BCUT2D eigenvalue weighted by atomic mass is 19.1. The zero-order chi connectivity index (χ0) is 20.8. The van der Waals surface area contributed by atoms with Crippen molar-refractivity contribution in [1.82, 2.24) is 10.2 Å². The average molecular weight is 403 g/mol. The number of hydrogen-bond donors (Lipinski definition) is 2. The van der Waals surface area contributed by atoms with Crippen LogP contribution in [0.15, 0.2) is 42.5 Å². The van der Waals surface area contributed by atoms with E-state index in [1.54, 1.807) is 11.0 Å². The molecule has 2 aromatic carbocycles. The Kier molecular flexibility index (Phi) is 6.64. The normalized spacial score (nSPS) is 16.2. The summed E-state index contributed by atoms with van der Waals surface area (Å²) >= 11 is 0. The number of carbonyl (C=O) groups excluding carboxylic acids is 2. The van der Waals surface area contributed by atoms with E-state index in [4.69, 9.17) is 4.74 Å². The molecule has 0 spiro atoms. The van der Waals surface area contributed by atoms with Crippen molar-refractivity contribution in [3.8, 4) is 5.75 Å². The Morgan fingerprint density at radius 3 is 2.72 bits per heavy atom. The highest BCUT2D eigenvalue weighted by Crippen LogP contribution is 2.24. The Balaban J connectivity index is 1.56. The summed E-state index contributed by atoms with van der Waals surface area (Å²) in [5.41, 5.74) is 0.547. The Bertz CT molecular complexity index is 891. The summed E-state index contributed by atoms with van der Waals surface area (Å²) in [7, 11) is 1.43. The van der Waals surface area contributed by atoms with Crippen LogP contribution in [0, 0.1) is 17.6 Å². The van der Waals surface area contributed by atoms with Crippen LogP contribution in [-0.2, 0) is 0 Å². The minimum atomic E-state index is -0.501. The van der Waals surface area contributed by atoms with Crippen LogP contribution in [-0.4, -0.2) is 43.6 Å². The van der Waals surface area contributed by atoms with Gasteiger partial charge in [0.25, 0.3) is 5.91 Å². The first-order valence-corrected chi connectivity index (χ1v) is 9.39. The van der Waals surface area contributed by atoms with Gasteiger partial charge in [0, 0.05) is 25.3 Å². The minimum absolute atomic E-state index is 0.0607. The van der Waals surface area contributed by atoms with Crippen LogP contribution in [0.4, 0.5) is 19.3 Å². The van der Waals surface area contributed by atoms with Gasteiger partial charge in [0.2, 0.25) is 0 Å². The summed E-state index contributed by atoms with van der Waals surface area (Å²) in [5, 5.41) is 5.33. The number of anilines is 1. The molecule has 1 saturated heterocycles. The van der Waals surface area contributed by atoms with Crippen LogP contribution in [0.2, 0.25) is 0 Å². The second-order valence-corrected chi connectivity index (χ2v) is 6.95. The lowest BCUT2D eigenvalue weighted by atomic mass is 9.97. The molecule has 2 aromatic rings. The molecule has 1 fully saturated rings. The zero-order valence-corrected chi connectivity index (χ0v) is 16.1. The number of rotatable bonds is 5. The SMILES string of the molecule is COc1ccc(F)cc1C(=O)N1CCCC(CNC(=O)Nc2cccc(F)c2)C1. The topological polar surface area (TPSA) is 70.7 Å². The van der Waals surface area contributed by atoms with E-state index < -0.39 is 17.7 Å². The van der Waals surface area contributed by atoms with Crippen molar-refractivity contribution in [2.75, 3.05) is 32.1 Å². The fourth-order valence-corrected chi connectivity index (χ4v) is 3.41. The Hall–Kier alpha value is -3.16. The van der Waals surface area contributed by atoms with Crippen molar-refractivity contribution in [2.45, 2.75) is 12.8 Å². The van der Waals surface area contributed by atoms with Gasteiger partial charge in [0.15, 0.2) is 0 Å². The summed E-state index contributed by atoms with van der Waals surface area (Å²) in [6, 6.07) is 9.04. The average Bonchev–Trinajstić information content (AvgIpc) is 2.72. The fraction of sp³-hybridized carbons (Fsp3) is 0.333. The van der Waals surface area contributed by atoms with Crippen molar-refractivity contribution in [2.24, 2.45) is 5.92 Å². The molecule has 0 aromatic heterocycles. The first kappa shape index (κ1) is 20.6. The summed E-state index contributed by atoms with van der Waals surface area (Å²) in [6.07, 6.45) is 1.63. The molecule has 2 N–H and O–H groups in total. The van der Waals surface area contributed by atoms with Crippen molar-refractivity contribution < 1.29 is 23.1 Å². The first-order chi connectivity index (χ1) is 14.0. The highest BCUT2D eigenvalue weighted by molar-refractivity contribution is 5.97. The maximum absolute atomic E-state index is 13.6. The highest BCUT2D eigenvalue weighted by Gasteiger charge is 2.26. The van der Waals surface area contributed by atoms with Crippen LogP contribution < -0.4 is 15.4 Å². The van der Waals surface area contributed by atoms with Gasteiger partial charge in [-0.05, 0) is 55.2 Å². The van der Waals surface area contributed by atoms with Gasteiger partial charge in [-0.3, -0.25) is 4.79 Å². The molecule has 8 heteroatoms. The van der Waals surface area contributed by atoms with E-state index in [2.05, 4.69) is 10.6 Å². The maximum atomic E-state index is 13.6. The molecule has 0 saturated carbocycles. The van der Waals surface area contributed by atoms with E-state index in [0.717, 1.165) is 12.8 Å². The smallest absolute Gasteiger partial charge is 0.319 e. The number of halogens is 2. The van der Waals surface area contributed by atoms with Crippen LogP contribution in [0.1, 0.15) is 23.2 Å². The molecule has 154 valence electrons. The number of urea groups is 1. The number of ether oxygens (including phenoxy) is 1. The van der Waals surface area contributed by atoms with Crippen molar-refractivity contribution >= 4 is 17.6 Å². The summed E-state index contributed by atoms with van der Waals surface area (Å²) in [6.45, 7) is 1.37. The lowest BCUT2D eigenvalue weighted by Crippen LogP contribution is -2.44. The third-order valence-electron chi connectivity index (χ3n) is 4.83. The largest absolute Gasteiger partial charge is 0.496 e. The molecular weight excluding hydrogens is 380 g/mol. The van der Waals surface area contributed by atoms with E-state index in [-0.39, 0.29) is 17.4 Å². The fourth-order valence-electron chi connectivity index (χ4n) is 3.41. The number of piperidine rings is 1. The first-order valence-electron chi connectivity index (χ1n) is 9.39. The van der Waals surface area contributed by atoms with Crippen molar-refractivity contribution in [3.63, 3.8) is 0 Å². The number of methoxy groups -OCH3 is 1. The van der Waals surface area contributed by atoms with Gasteiger partial charge in [0.1, 0.15) is 17.4 Å². The third kappa shape index (κ3) is 5.43. The maximum Gasteiger partial charge on any atom is 0.319 e. The van der Waals surface area contributed by atoms with Crippen molar-refractivity contribution in [1.29, 1.82) is 0 Å². The molecule has 3 rings (SSSR count). The van der Waals surface area contributed by atoms with Gasteiger partial charge < -0.3 is 20.3 Å². The lowest BCUT2D eigenvalue weighted by molar-refractivity contribution is 0.0671. The number of carbonyl (C=O) groups is 2. The molecule has 1 unspecified atom stereocenters. The third-order valence-corrected chi connectivity index (χ3v) is 4.83. The van der Waals surface area contributed by atoms with Crippen LogP contribution in [0.5, 0.6) is 5.75 Å². The van der Waals surface area contributed by atoms with Gasteiger partial charge >= 0.3 is 6.03 Å². The summed E-state index contributed by atoms with van der Waals surface area (Å²) < 4.78 is 32.0. The van der Waals surface area contributed by atoms with E-state index in [0.29, 0.717) is 31.1 Å². The quantitative estimate of drug-likeness (QED) is 0.801. The molecule has 1 aliphatic heterocycles. The van der Waals surface area contributed by atoms with Crippen molar-refractivity contribution in [3.05, 3.63) is 59.7 Å². The lowest BCUT2D eigenvalue weighted by Gasteiger charge is -2.33. The second-order valence-electron chi connectivity index (χ2n) is 6.95. The van der Waals surface area contributed by atoms with Crippen LogP contribution in [0.3, 0.4) is 0 Å². The predicted molar refractivity (Wildman–Crippen MR) is 105 cm³/mol. The number of nitrogens with one attached hydrogen (secondary N) is 2. The van der Waals surface area contributed by atoms with E-state index in [1.807, 2.05) is 0 Å². The molecule has 6 nitrogen and oxygen atoms in total. The monoisotopic (exact) mass is 403 g/mol. The number of benzene rings is 2.